The molecule has 8 radical (unpaired) electrons. The third-order valence-corrected chi connectivity index (χ3v) is 10.4. The van der Waals surface area contributed by atoms with Crippen LogP contribution in [0, 0.1) is 24.2 Å². The number of terminal acetylenes is 1. The van der Waals surface area contributed by atoms with Gasteiger partial charge in [0.1, 0.15) is 43.0 Å². The summed E-state index contributed by atoms with van der Waals surface area (Å²) in [5.74, 6) is 2.77. The van der Waals surface area contributed by atoms with Gasteiger partial charge < -0.3 is 10.2 Å². The molecule has 0 bridgehead atoms. The van der Waals surface area contributed by atoms with E-state index in [9.17, 15) is 10.2 Å². The second kappa shape index (κ2) is 13.1. The van der Waals surface area contributed by atoms with E-state index in [4.69, 9.17) is 42.8 Å². The Balaban J connectivity index is 1.26. The zero-order chi connectivity index (χ0) is 36.3. The van der Waals surface area contributed by atoms with E-state index in [1.807, 2.05) is 30.3 Å². The van der Waals surface area contributed by atoms with Gasteiger partial charge in [0, 0.05) is 35.9 Å². The Morgan fingerprint density at radius 2 is 1.42 bits per heavy atom. The minimum absolute atomic E-state index is 0.0340. The molecule has 0 amide bonds. The van der Waals surface area contributed by atoms with Crippen LogP contribution in [0.15, 0.2) is 115 Å². The number of aryl methyl sites for hydroxylation is 1. The van der Waals surface area contributed by atoms with Crippen molar-refractivity contribution in [2.24, 2.45) is 11.8 Å². The Hall–Kier alpha value is -5.79. The minimum Gasteiger partial charge on any atom is -0.508 e. The van der Waals surface area contributed by atoms with Crippen molar-refractivity contribution in [1.29, 1.82) is 0 Å². The Kier molecular flexibility index (Phi) is 8.39. The van der Waals surface area contributed by atoms with Gasteiger partial charge in [0.2, 0.25) is 0 Å². The van der Waals surface area contributed by atoms with Crippen LogP contribution >= 0.6 is 0 Å². The number of rotatable bonds is 6. The number of nitrogens with zero attached hydrogens (tertiary/aromatic N) is 2. The first kappa shape index (κ1) is 33.4. The fourth-order valence-corrected chi connectivity index (χ4v) is 7.87. The lowest BCUT2D eigenvalue weighted by atomic mass is 9.64. The molecule has 0 aliphatic heterocycles. The Morgan fingerprint density at radius 3 is 2.10 bits per heavy atom. The number of aliphatic hydroxyl groups is 1. The molecule has 1 aromatic heterocycles. The zero-order valence-electron chi connectivity index (χ0n) is 28.6. The highest BCUT2D eigenvalue weighted by Gasteiger charge is 2.26. The lowest BCUT2D eigenvalue weighted by Crippen LogP contribution is -2.42. The molecule has 0 fully saturated rings. The molecule has 6 aromatic rings. The van der Waals surface area contributed by atoms with Crippen molar-refractivity contribution in [3.63, 3.8) is 0 Å². The van der Waals surface area contributed by atoms with Crippen molar-refractivity contribution >= 4 is 97.1 Å². The van der Waals surface area contributed by atoms with Gasteiger partial charge in [-0.3, -0.25) is 4.57 Å². The van der Waals surface area contributed by atoms with E-state index < -0.39 is 5.76 Å². The minimum atomic E-state index is -0.515. The van der Waals surface area contributed by atoms with Gasteiger partial charge in [-0.1, -0.05) is 109 Å². The summed E-state index contributed by atoms with van der Waals surface area (Å²) in [6, 6.07) is 24.7. The average Bonchev–Trinajstić information content (AvgIpc) is 3.57. The molecule has 1 heterocycles. The van der Waals surface area contributed by atoms with Gasteiger partial charge in [-0.2, -0.15) is 0 Å². The summed E-state index contributed by atoms with van der Waals surface area (Å²) < 4.78 is 2.28. The molecule has 5 aromatic carbocycles. The van der Waals surface area contributed by atoms with Crippen LogP contribution in [0.2, 0.25) is 0 Å². The molecular formula is C44H30B4N2O2. The molecule has 8 rings (SSSR count). The molecule has 2 aliphatic rings. The van der Waals surface area contributed by atoms with Gasteiger partial charge in [-0.05, 0) is 73.4 Å². The highest BCUT2D eigenvalue weighted by atomic mass is 16.3. The van der Waals surface area contributed by atoms with Crippen molar-refractivity contribution in [2.75, 3.05) is 0 Å². The number of aliphatic hydroxyl groups excluding tert-OH is 1. The molecule has 4 nitrogen and oxygen atoms in total. The molecule has 240 valence electrons. The first-order chi connectivity index (χ1) is 25.2. The maximum absolute atomic E-state index is 11.4. The maximum Gasteiger partial charge on any atom is 0.160 e. The smallest absolute Gasteiger partial charge is 0.160 e. The second-order valence-electron chi connectivity index (χ2n) is 13.3. The van der Waals surface area contributed by atoms with Gasteiger partial charge in [-0.15, -0.1) is 11.9 Å². The molecule has 2 unspecified atom stereocenters. The number of imidazole rings is 1. The molecule has 8 heteroatoms. The highest BCUT2D eigenvalue weighted by Crippen LogP contribution is 2.43. The second-order valence-corrected chi connectivity index (χ2v) is 13.3. The Bertz CT molecular complexity index is 2630. The van der Waals surface area contributed by atoms with Gasteiger partial charge in [0.05, 0.1) is 11.0 Å². The molecule has 0 spiro atoms. The first-order valence-electron chi connectivity index (χ1n) is 17.2. The van der Waals surface area contributed by atoms with Crippen molar-refractivity contribution in [1.82, 2.24) is 9.55 Å². The molecule has 0 saturated heterocycles. The number of fused-ring (bicyclic) bond motifs is 4. The van der Waals surface area contributed by atoms with E-state index >= 15 is 0 Å². The molecule has 2 aliphatic carbocycles. The van der Waals surface area contributed by atoms with Crippen LogP contribution < -0.4 is 16.4 Å². The summed E-state index contributed by atoms with van der Waals surface area (Å²) in [7, 11) is 25.2. The SMILES string of the molecule is [B]/C(=C(\O)C#C)c1c([B])c([B])c([B])c(O)c1Cc1c2ccccc2c(C2=CC3C=CC(n4c(CC)nc5ccccc54)=CC3C=C2)c2ccccc12. The van der Waals surface area contributed by atoms with Crippen molar-refractivity contribution < 1.29 is 10.2 Å². The predicted molar refractivity (Wildman–Crippen MR) is 219 cm³/mol. The number of phenolic OH excluding ortho intramolecular Hbond substituents is 1. The van der Waals surface area contributed by atoms with E-state index in [0.717, 1.165) is 67.2 Å². The topological polar surface area (TPSA) is 58.3 Å². The number of hydrogen-bond donors (Lipinski definition) is 2. The summed E-state index contributed by atoms with van der Waals surface area (Å²) in [6.07, 6.45) is 20.2. The molecule has 2 atom stereocenters. The summed E-state index contributed by atoms with van der Waals surface area (Å²) >= 11 is 0. The number of aromatic nitrogens is 2. The van der Waals surface area contributed by atoms with E-state index in [1.54, 1.807) is 0 Å². The van der Waals surface area contributed by atoms with Crippen LogP contribution in [0.5, 0.6) is 5.75 Å². The number of hydrogen-bond acceptors (Lipinski definition) is 3. The molecule has 2 N–H and O–H groups in total. The predicted octanol–water partition coefficient (Wildman–Crippen LogP) is 5.91. The summed E-state index contributed by atoms with van der Waals surface area (Å²) in [4.78, 5) is 4.89. The lowest BCUT2D eigenvalue weighted by Gasteiger charge is -2.28. The van der Waals surface area contributed by atoms with Crippen molar-refractivity contribution in [2.45, 2.75) is 19.8 Å². The third kappa shape index (κ3) is 5.27. The van der Waals surface area contributed by atoms with Crippen LogP contribution in [0.4, 0.5) is 0 Å². The normalized spacial score (nSPS) is 17.2. The lowest BCUT2D eigenvalue weighted by molar-refractivity contribution is 0.442. The Morgan fingerprint density at radius 1 is 0.808 bits per heavy atom. The monoisotopic (exact) mass is 662 g/mol. The summed E-state index contributed by atoms with van der Waals surface area (Å²) in [6.45, 7) is 2.14. The fraction of sp³-hybridized carbons (Fsp3) is 0.114. The van der Waals surface area contributed by atoms with Crippen LogP contribution in [-0.2, 0) is 12.8 Å². The van der Waals surface area contributed by atoms with Gasteiger partial charge in [-0.25, -0.2) is 4.98 Å². The third-order valence-electron chi connectivity index (χ3n) is 10.4. The summed E-state index contributed by atoms with van der Waals surface area (Å²) in [5.41, 5.74) is 6.65. The van der Waals surface area contributed by atoms with E-state index in [-0.39, 0.29) is 51.4 Å². The van der Waals surface area contributed by atoms with Crippen LogP contribution in [0.1, 0.15) is 35.0 Å². The van der Waals surface area contributed by atoms with E-state index in [0.29, 0.717) is 5.56 Å². The molecule has 0 saturated carbocycles. The van der Waals surface area contributed by atoms with E-state index in [1.165, 1.54) is 0 Å². The van der Waals surface area contributed by atoms with Gasteiger partial charge in [0.15, 0.2) is 5.76 Å². The Labute approximate surface area is 308 Å². The van der Waals surface area contributed by atoms with Crippen LogP contribution in [-0.4, -0.2) is 51.1 Å². The van der Waals surface area contributed by atoms with Gasteiger partial charge in [0.25, 0.3) is 0 Å². The fourth-order valence-electron chi connectivity index (χ4n) is 7.87. The van der Waals surface area contributed by atoms with Crippen molar-refractivity contribution in [3.05, 3.63) is 143 Å². The van der Waals surface area contributed by atoms with Crippen LogP contribution in [0.3, 0.4) is 0 Å². The number of aromatic hydroxyl groups is 1. The number of allylic oxidation sites excluding steroid dienone is 9. The van der Waals surface area contributed by atoms with Crippen LogP contribution in [0.25, 0.3) is 49.3 Å². The first-order valence-corrected chi connectivity index (χ1v) is 17.2. The standard InChI is InChI=1S/C44H30B4N2O2/c1-3-36(51)40(45)39-33(44(52)43(48)42(47)41(39)46)23-32-28-11-5-7-13-30(28)38(31-14-8-6-12-29(31)32)26-18-17-25-22-27(20-19-24(25)21-26)50-35-16-10-9-15-34(35)49-37(50)4-2/h1,5-22,24-25,51-52H,4,23H2,2H3/b40-36-. The largest absolute Gasteiger partial charge is 0.508 e. The maximum atomic E-state index is 11.4. The molecule has 52 heavy (non-hydrogen) atoms. The molecular weight excluding hydrogens is 632 g/mol. The zero-order valence-corrected chi connectivity index (χ0v) is 28.6. The van der Waals surface area contributed by atoms with E-state index in [2.05, 4.69) is 96.3 Å². The quantitative estimate of drug-likeness (QED) is 0.101. The highest BCUT2D eigenvalue weighted by molar-refractivity contribution is 6.60. The number of phenols is 1. The van der Waals surface area contributed by atoms with Gasteiger partial charge >= 0.3 is 0 Å². The van der Waals surface area contributed by atoms with Crippen molar-refractivity contribution in [3.8, 4) is 18.1 Å². The number of benzene rings is 5. The number of para-hydroxylation sites is 2. The average molecular weight is 662 g/mol. The summed E-state index contributed by atoms with van der Waals surface area (Å²) in [5, 5.41) is 25.9.